The van der Waals surface area contributed by atoms with Gasteiger partial charge in [-0.05, 0) is 37.9 Å². The first-order valence-corrected chi connectivity index (χ1v) is 9.59. The summed E-state index contributed by atoms with van der Waals surface area (Å²) in [5, 5.41) is 5.89. The fourth-order valence-corrected chi connectivity index (χ4v) is 3.22. The van der Waals surface area contributed by atoms with E-state index in [9.17, 15) is 4.79 Å². The third-order valence-corrected chi connectivity index (χ3v) is 4.82. The van der Waals surface area contributed by atoms with Crippen LogP contribution in [0.5, 0.6) is 0 Å². The lowest BCUT2D eigenvalue weighted by Crippen LogP contribution is -2.39. The zero-order valence-corrected chi connectivity index (χ0v) is 16.3. The number of benzene rings is 1. The van der Waals surface area contributed by atoms with Crippen LogP contribution in [0.4, 0.5) is 10.5 Å². The van der Waals surface area contributed by atoms with Crippen LogP contribution >= 0.6 is 11.3 Å². The zero-order valence-electron chi connectivity index (χ0n) is 15.5. The fourth-order valence-electron chi connectivity index (χ4n) is 2.58. The Morgan fingerprint density at radius 2 is 2.04 bits per heavy atom. The van der Waals surface area contributed by atoms with Gasteiger partial charge in [-0.1, -0.05) is 18.2 Å². The van der Waals surface area contributed by atoms with Crippen LogP contribution in [-0.4, -0.2) is 53.0 Å². The first-order valence-electron chi connectivity index (χ1n) is 8.71. The number of carbonyl (C=O) groups excluding carboxylic acids is 1. The average molecular weight is 382 g/mol. The van der Waals surface area contributed by atoms with Crippen molar-refractivity contribution in [2.24, 2.45) is 0 Å². The molecule has 2 amide bonds. The Labute approximate surface area is 163 Å². The number of rotatable bonds is 7. The lowest BCUT2D eigenvalue weighted by atomic mass is 10.2. The molecule has 2 aromatic heterocycles. The van der Waals surface area contributed by atoms with Gasteiger partial charge in [-0.3, -0.25) is 4.98 Å². The maximum atomic E-state index is 12.9. The van der Waals surface area contributed by atoms with E-state index in [-0.39, 0.29) is 6.03 Å². The molecule has 0 aliphatic rings. The summed E-state index contributed by atoms with van der Waals surface area (Å²) in [5.74, 6) is 0. The zero-order chi connectivity index (χ0) is 19.1. The number of anilines is 1. The second-order valence-corrected chi connectivity index (χ2v) is 7.33. The Morgan fingerprint density at radius 3 is 2.74 bits per heavy atom. The smallest absolute Gasteiger partial charge is 0.319 e. The topological polar surface area (TPSA) is 61.4 Å². The number of nitrogens with one attached hydrogen (secondary N) is 1. The van der Waals surface area contributed by atoms with Gasteiger partial charge >= 0.3 is 6.03 Å². The van der Waals surface area contributed by atoms with E-state index in [1.807, 2.05) is 55.9 Å². The van der Waals surface area contributed by atoms with Crippen molar-refractivity contribution in [3.63, 3.8) is 0 Å². The number of nitrogens with zero attached hydrogens (tertiary/aromatic N) is 4. The number of urea groups is 1. The Kier molecular flexibility index (Phi) is 6.51. The van der Waals surface area contributed by atoms with Gasteiger partial charge in [0, 0.05) is 54.9 Å². The molecule has 27 heavy (non-hydrogen) atoms. The number of amides is 2. The number of pyridine rings is 1. The van der Waals surface area contributed by atoms with Crippen LogP contribution in [0.15, 0.2) is 60.4 Å². The lowest BCUT2D eigenvalue weighted by Gasteiger charge is -2.25. The molecule has 0 aliphatic heterocycles. The third kappa shape index (κ3) is 5.60. The molecular weight excluding hydrogens is 358 g/mol. The van der Waals surface area contributed by atoms with Crippen LogP contribution in [0.1, 0.15) is 5.56 Å². The Bertz CT molecular complexity index is 852. The molecule has 0 saturated heterocycles. The molecule has 0 saturated carbocycles. The van der Waals surface area contributed by atoms with Crippen LogP contribution < -0.4 is 5.32 Å². The highest BCUT2D eigenvalue weighted by Crippen LogP contribution is 2.24. The van der Waals surface area contributed by atoms with Gasteiger partial charge in [-0.15, -0.1) is 11.3 Å². The minimum Gasteiger partial charge on any atom is -0.319 e. The number of hydrogen-bond acceptors (Lipinski definition) is 5. The second-order valence-electron chi connectivity index (χ2n) is 6.43. The van der Waals surface area contributed by atoms with Crippen LogP contribution in [0, 0.1) is 0 Å². The Balaban J connectivity index is 1.72. The molecule has 0 spiro atoms. The lowest BCUT2D eigenvalue weighted by molar-refractivity contribution is 0.202. The molecule has 140 valence electrons. The minimum absolute atomic E-state index is 0.128. The fraction of sp³-hybridized carbons (Fsp3) is 0.250. The van der Waals surface area contributed by atoms with Crippen molar-refractivity contribution >= 4 is 23.1 Å². The highest BCUT2D eigenvalue weighted by atomic mass is 32.1. The van der Waals surface area contributed by atoms with Gasteiger partial charge < -0.3 is 15.1 Å². The van der Waals surface area contributed by atoms with E-state index < -0.39 is 0 Å². The van der Waals surface area contributed by atoms with Gasteiger partial charge in [0.25, 0.3) is 0 Å². The highest BCUT2D eigenvalue weighted by molar-refractivity contribution is 7.13. The molecular formula is C20H23N5OS. The Morgan fingerprint density at radius 1 is 1.15 bits per heavy atom. The van der Waals surface area contributed by atoms with Crippen LogP contribution in [0.25, 0.3) is 10.6 Å². The van der Waals surface area contributed by atoms with E-state index in [1.165, 1.54) is 0 Å². The van der Waals surface area contributed by atoms with Crippen LogP contribution in [0.2, 0.25) is 0 Å². The molecule has 6 nitrogen and oxygen atoms in total. The number of carbonyl (C=O) groups is 1. The Hall–Kier alpha value is -2.77. The number of thiazole rings is 1. The number of hydrogen-bond donors (Lipinski definition) is 1. The van der Waals surface area contributed by atoms with Crippen molar-refractivity contribution in [3.8, 4) is 10.6 Å². The van der Waals surface area contributed by atoms with Crippen molar-refractivity contribution in [1.82, 2.24) is 19.8 Å². The highest BCUT2D eigenvalue weighted by Gasteiger charge is 2.15. The van der Waals surface area contributed by atoms with Crippen LogP contribution in [-0.2, 0) is 6.54 Å². The molecule has 0 aliphatic carbocycles. The summed E-state index contributed by atoms with van der Waals surface area (Å²) in [6, 6.07) is 11.5. The van der Waals surface area contributed by atoms with E-state index in [0.29, 0.717) is 13.1 Å². The quantitative estimate of drug-likeness (QED) is 0.676. The summed E-state index contributed by atoms with van der Waals surface area (Å²) in [7, 11) is 4.00. The maximum absolute atomic E-state index is 12.9. The molecule has 0 fully saturated rings. The standard InChI is InChI=1S/C20H23N5OS/c1-24(2)10-11-25(15-16-5-4-8-21-14-16)20(26)23-18-7-3-6-17(13-18)19-22-9-12-27-19/h3-9,12-14H,10-11,15H2,1-2H3,(H,23,26). The van der Waals surface area contributed by atoms with Gasteiger partial charge in [0.15, 0.2) is 0 Å². The summed E-state index contributed by atoms with van der Waals surface area (Å²) in [6.45, 7) is 1.92. The molecule has 0 unspecified atom stereocenters. The molecule has 1 aromatic carbocycles. The third-order valence-electron chi connectivity index (χ3n) is 3.99. The maximum Gasteiger partial charge on any atom is 0.322 e. The largest absolute Gasteiger partial charge is 0.322 e. The summed E-state index contributed by atoms with van der Waals surface area (Å²) in [5.41, 5.74) is 2.76. The molecule has 0 radical (unpaired) electrons. The van der Waals surface area contributed by atoms with Crippen molar-refractivity contribution in [2.75, 3.05) is 32.5 Å². The van der Waals surface area contributed by atoms with E-state index in [1.54, 1.807) is 34.8 Å². The normalized spacial score (nSPS) is 10.8. The summed E-state index contributed by atoms with van der Waals surface area (Å²) >= 11 is 1.58. The van der Waals surface area contributed by atoms with Crippen molar-refractivity contribution < 1.29 is 4.79 Å². The first-order chi connectivity index (χ1) is 13.1. The van der Waals surface area contributed by atoms with E-state index in [2.05, 4.69) is 20.2 Å². The predicted octanol–water partition coefficient (Wildman–Crippen LogP) is 3.80. The van der Waals surface area contributed by atoms with Crippen molar-refractivity contribution in [2.45, 2.75) is 6.54 Å². The second kappa shape index (κ2) is 9.25. The predicted molar refractivity (Wildman–Crippen MR) is 110 cm³/mol. The monoisotopic (exact) mass is 381 g/mol. The van der Waals surface area contributed by atoms with Crippen molar-refractivity contribution in [3.05, 3.63) is 65.9 Å². The van der Waals surface area contributed by atoms with Gasteiger partial charge in [0.05, 0.1) is 0 Å². The number of aromatic nitrogens is 2. The molecule has 7 heteroatoms. The molecule has 3 aromatic rings. The molecule has 1 N–H and O–H groups in total. The summed E-state index contributed by atoms with van der Waals surface area (Å²) in [6.07, 6.45) is 5.30. The molecule has 3 rings (SSSR count). The average Bonchev–Trinajstić information content (AvgIpc) is 3.21. The van der Waals surface area contributed by atoms with E-state index >= 15 is 0 Å². The van der Waals surface area contributed by atoms with Gasteiger partial charge in [-0.25, -0.2) is 9.78 Å². The molecule has 0 atom stereocenters. The molecule has 2 heterocycles. The van der Waals surface area contributed by atoms with Crippen LogP contribution in [0.3, 0.4) is 0 Å². The SMILES string of the molecule is CN(C)CCN(Cc1cccnc1)C(=O)Nc1cccc(-c2nccs2)c1. The van der Waals surface area contributed by atoms with Gasteiger partial charge in [0.2, 0.25) is 0 Å². The summed E-state index contributed by atoms with van der Waals surface area (Å²) < 4.78 is 0. The minimum atomic E-state index is -0.128. The first kappa shape index (κ1) is 19.0. The summed E-state index contributed by atoms with van der Waals surface area (Å²) in [4.78, 5) is 25.2. The van der Waals surface area contributed by atoms with Gasteiger partial charge in [-0.2, -0.15) is 0 Å². The van der Waals surface area contributed by atoms with Crippen molar-refractivity contribution in [1.29, 1.82) is 0 Å². The van der Waals surface area contributed by atoms with E-state index in [4.69, 9.17) is 0 Å². The molecule has 0 bridgehead atoms. The van der Waals surface area contributed by atoms with Gasteiger partial charge in [0.1, 0.15) is 5.01 Å². The van der Waals surface area contributed by atoms with E-state index in [0.717, 1.165) is 28.4 Å². The number of likely N-dealkylation sites (N-methyl/N-ethyl adjacent to an activating group) is 1.